The Morgan fingerprint density at radius 1 is 1.00 bits per heavy atom. The van der Waals surface area contributed by atoms with Crippen molar-refractivity contribution in [3.8, 4) is 11.5 Å². The molecule has 1 aromatic carbocycles. The first kappa shape index (κ1) is 12.7. The Kier molecular flexibility index (Phi) is 2.83. The van der Waals surface area contributed by atoms with E-state index in [9.17, 15) is 18.3 Å². The molecule has 0 bridgehead atoms. The lowest BCUT2D eigenvalue weighted by atomic mass is 9.83. The van der Waals surface area contributed by atoms with Gasteiger partial charge in [0.15, 0.2) is 11.5 Å². The van der Waals surface area contributed by atoms with Crippen LogP contribution in [0.15, 0.2) is 12.1 Å². The summed E-state index contributed by atoms with van der Waals surface area (Å²) in [5.74, 6) is -1.87. The van der Waals surface area contributed by atoms with Gasteiger partial charge in [-0.25, -0.2) is 0 Å². The Hall–Kier alpha value is -1.39. The van der Waals surface area contributed by atoms with E-state index in [-0.39, 0.29) is 5.56 Å². The zero-order valence-electron chi connectivity index (χ0n) is 9.18. The van der Waals surface area contributed by atoms with Crippen LogP contribution >= 0.6 is 0 Å². The number of benzene rings is 1. The second-order valence-corrected chi connectivity index (χ2v) is 4.60. The minimum atomic E-state index is -4.69. The summed E-state index contributed by atoms with van der Waals surface area (Å²) in [5.41, 5.74) is -1.98. The number of hydrogen-bond donors (Lipinski definition) is 2. The van der Waals surface area contributed by atoms with Crippen molar-refractivity contribution in [1.29, 1.82) is 0 Å². The van der Waals surface area contributed by atoms with E-state index in [1.807, 2.05) is 0 Å². The average Bonchev–Trinajstić information content (AvgIpc) is 2.05. The number of aromatic hydroxyl groups is 2. The van der Waals surface area contributed by atoms with Crippen molar-refractivity contribution in [3.63, 3.8) is 0 Å². The smallest absolute Gasteiger partial charge is 0.420 e. The molecule has 0 saturated heterocycles. The Morgan fingerprint density at radius 2 is 1.50 bits per heavy atom. The summed E-state index contributed by atoms with van der Waals surface area (Å²) in [6, 6.07) is 2.24. The van der Waals surface area contributed by atoms with Gasteiger partial charge in [-0.05, 0) is 17.0 Å². The molecular formula is C11H13F3O2. The lowest BCUT2D eigenvalue weighted by Gasteiger charge is -2.25. The molecule has 2 nitrogen and oxygen atoms in total. The van der Waals surface area contributed by atoms with Gasteiger partial charge in [-0.3, -0.25) is 0 Å². The molecule has 0 radical (unpaired) electrons. The third-order valence-electron chi connectivity index (χ3n) is 2.25. The molecule has 0 heterocycles. The zero-order valence-corrected chi connectivity index (χ0v) is 9.18. The van der Waals surface area contributed by atoms with Gasteiger partial charge in [-0.2, -0.15) is 13.2 Å². The molecule has 0 fully saturated rings. The molecule has 0 aromatic heterocycles. The summed E-state index contributed by atoms with van der Waals surface area (Å²) in [5, 5.41) is 18.4. The summed E-state index contributed by atoms with van der Waals surface area (Å²) in [4.78, 5) is 0. The van der Waals surface area contributed by atoms with Crippen LogP contribution in [-0.2, 0) is 11.6 Å². The predicted octanol–water partition coefficient (Wildman–Crippen LogP) is 3.41. The largest absolute Gasteiger partial charge is 0.504 e. The van der Waals surface area contributed by atoms with Gasteiger partial charge in [0.1, 0.15) is 5.56 Å². The van der Waals surface area contributed by atoms with Gasteiger partial charge in [0.25, 0.3) is 0 Å². The first-order chi connectivity index (χ1) is 7.05. The highest BCUT2D eigenvalue weighted by molar-refractivity contribution is 5.52. The fraction of sp³-hybridized carbons (Fsp3) is 0.455. The van der Waals surface area contributed by atoms with Crippen LogP contribution in [-0.4, -0.2) is 10.2 Å². The molecule has 0 spiro atoms. The van der Waals surface area contributed by atoms with Gasteiger partial charge in [-0.1, -0.05) is 26.8 Å². The molecule has 0 amide bonds. The van der Waals surface area contributed by atoms with E-state index in [0.717, 1.165) is 6.07 Å². The topological polar surface area (TPSA) is 40.5 Å². The van der Waals surface area contributed by atoms with Crippen molar-refractivity contribution in [2.24, 2.45) is 0 Å². The van der Waals surface area contributed by atoms with Gasteiger partial charge in [0.05, 0.1) is 0 Å². The molecule has 90 valence electrons. The monoisotopic (exact) mass is 234 g/mol. The molecule has 0 saturated carbocycles. The van der Waals surface area contributed by atoms with Crippen molar-refractivity contribution in [2.45, 2.75) is 32.4 Å². The van der Waals surface area contributed by atoms with Crippen LogP contribution in [0, 0.1) is 0 Å². The molecule has 1 rings (SSSR count). The maximum absolute atomic E-state index is 12.7. The Labute approximate surface area is 91.3 Å². The summed E-state index contributed by atoms with van der Waals surface area (Å²) >= 11 is 0. The second kappa shape index (κ2) is 3.57. The summed E-state index contributed by atoms with van der Waals surface area (Å²) < 4.78 is 38.2. The van der Waals surface area contributed by atoms with Gasteiger partial charge in [-0.15, -0.1) is 0 Å². The van der Waals surface area contributed by atoms with Crippen molar-refractivity contribution < 1.29 is 23.4 Å². The number of alkyl halides is 3. The average molecular weight is 234 g/mol. The van der Waals surface area contributed by atoms with E-state index in [2.05, 4.69) is 0 Å². The van der Waals surface area contributed by atoms with E-state index in [1.165, 1.54) is 6.07 Å². The molecule has 1 aromatic rings. The van der Waals surface area contributed by atoms with E-state index in [0.29, 0.717) is 0 Å². The van der Waals surface area contributed by atoms with Crippen LogP contribution in [0.4, 0.5) is 13.2 Å². The molecule has 0 unspecified atom stereocenters. The fourth-order valence-corrected chi connectivity index (χ4v) is 1.49. The maximum Gasteiger partial charge on any atom is 0.420 e. The van der Waals surface area contributed by atoms with E-state index in [4.69, 9.17) is 5.11 Å². The van der Waals surface area contributed by atoms with Crippen molar-refractivity contribution in [2.75, 3.05) is 0 Å². The third kappa shape index (κ3) is 2.23. The maximum atomic E-state index is 12.7. The number of phenols is 2. The quantitative estimate of drug-likeness (QED) is 0.675. The lowest BCUT2D eigenvalue weighted by Crippen LogP contribution is -2.19. The summed E-state index contributed by atoms with van der Waals surface area (Å²) in [6.07, 6.45) is -4.69. The number of hydrogen-bond acceptors (Lipinski definition) is 2. The van der Waals surface area contributed by atoms with E-state index < -0.39 is 28.7 Å². The first-order valence-corrected chi connectivity index (χ1v) is 4.67. The molecule has 16 heavy (non-hydrogen) atoms. The molecule has 0 aliphatic rings. The normalized spacial score (nSPS) is 12.9. The molecule has 2 N–H and O–H groups in total. The van der Waals surface area contributed by atoms with Crippen molar-refractivity contribution in [1.82, 2.24) is 0 Å². The highest BCUT2D eigenvalue weighted by atomic mass is 19.4. The second-order valence-electron chi connectivity index (χ2n) is 4.60. The van der Waals surface area contributed by atoms with E-state index >= 15 is 0 Å². The standard InChI is InChI=1S/C11H13F3O2/c1-10(2,3)6-4-5-7(15)9(16)8(6)11(12,13)14/h4-5,15-16H,1-3H3. The Morgan fingerprint density at radius 3 is 1.88 bits per heavy atom. The molecular weight excluding hydrogens is 221 g/mol. The zero-order chi connectivity index (χ0) is 12.7. The van der Waals surface area contributed by atoms with Crippen LogP contribution in [0.3, 0.4) is 0 Å². The van der Waals surface area contributed by atoms with Crippen LogP contribution in [0.2, 0.25) is 0 Å². The van der Waals surface area contributed by atoms with Crippen LogP contribution in [0.25, 0.3) is 0 Å². The Balaban J connectivity index is 3.59. The van der Waals surface area contributed by atoms with Gasteiger partial charge < -0.3 is 10.2 Å². The number of halogens is 3. The molecule has 5 heteroatoms. The van der Waals surface area contributed by atoms with Crippen LogP contribution < -0.4 is 0 Å². The first-order valence-electron chi connectivity index (χ1n) is 4.67. The predicted molar refractivity (Wildman–Crippen MR) is 53.5 cm³/mol. The molecule has 0 aliphatic heterocycles. The lowest BCUT2D eigenvalue weighted by molar-refractivity contribution is -0.140. The minimum Gasteiger partial charge on any atom is -0.504 e. The van der Waals surface area contributed by atoms with Gasteiger partial charge >= 0.3 is 6.18 Å². The van der Waals surface area contributed by atoms with Gasteiger partial charge in [0, 0.05) is 0 Å². The Bertz CT molecular complexity index is 403. The van der Waals surface area contributed by atoms with Gasteiger partial charge in [0.2, 0.25) is 0 Å². The van der Waals surface area contributed by atoms with Crippen molar-refractivity contribution >= 4 is 0 Å². The molecule has 0 atom stereocenters. The number of rotatable bonds is 0. The third-order valence-corrected chi connectivity index (χ3v) is 2.25. The summed E-state index contributed by atoms with van der Waals surface area (Å²) in [7, 11) is 0. The van der Waals surface area contributed by atoms with E-state index in [1.54, 1.807) is 20.8 Å². The summed E-state index contributed by atoms with van der Waals surface area (Å²) in [6.45, 7) is 4.82. The van der Waals surface area contributed by atoms with Crippen LogP contribution in [0.5, 0.6) is 11.5 Å². The minimum absolute atomic E-state index is 0.0460. The molecule has 0 aliphatic carbocycles. The highest BCUT2D eigenvalue weighted by Gasteiger charge is 2.40. The van der Waals surface area contributed by atoms with Crippen molar-refractivity contribution in [3.05, 3.63) is 23.3 Å². The highest BCUT2D eigenvalue weighted by Crippen LogP contribution is 2.45. The SMILES string of the molecule is CC(C)(C)c1ccc(O)c(O)c1C(F)(F)F. The fourth-order valence-electron chi connectivity index (χ4n) is 1.49. The van der Waals surface area contributed by atoms with Crippen LogP contribution in [0.1, 0.15) is 31.9 Å². The number of phenolic OH excluding ortho intramolecular Hbond substituents is 2.